The summed E-state index contributed by atoms with van der Waals surface area (Å²) in [4.78, 5) is 0. The van der Waals surface area contributed by atoms with E-state index < -0.39 is 6.68 Å². The molecule has 1 nitrogen and oxygen atoms in total. The molecule has 0 aliphatic carbocycles. The van der Waals surface area contributed by atoms with Crippen LogP contribution in [0.4, 0.5) is 13.2 Å². The van der Waals surface area contributed by atoms with Gasteiger partial charge in [-0.3, -0.25) is 6.08 Å². The van der Waals surface area contributed by atoms with Crippen molar-refractivity contribution in [2.24, 2.45) is 0 Å². The van der Waals surface area contributed by atoms with Crippen LogP contribution in [0.1, 0.15) is 0 Å². The molecule has 11 heavy (non-hydrogen) atoms. The molecule has 62 valence electrons. The van der Waals surface area contributed by atoms with Gasteiger partial charge in [-0.05, 0) is 6.54 Å². The summed E-state index contributed by atoms with van der Waals surface area (Å²) in [6.07, 6.45) is 4.99. The Labute approximate surface area is 105 Å². The molecule has 0 fully saturated rings. The first kappa shape index (κ1) is 18.0. The Morgan fingerprint density at radius 2 is 1.82 bits per heavy atom. The molecule has 0 spiro atoms. The molecular formula is C5H6F4KN-2. The van der Waals surface area contributed by atoms with E-state index in [1.807, 2.05) is 6.08 Å². The molecule has 0 aromatic rings. The molecule has 0 saturated heterocycles. The van der Waals surface area contributed by atoms with Crippen LogP contribution in [-0.2, 0) is 0 Å². The van der Waals surface area contributed by atoms with Gasteiger partial charge in [0.1, 0.15) is 0 Å². The summed E-state index contributed by atoms with van der Waals surface area (Å²) in [6.45, 7) is -1.12. The molecule has 0 bridgehead atoms. The normalized spacial score (nSPS) is 12.7. The summed E-state index contributed by atoms with van der Waals surface area (Å²) in [5, 5.41) is 3.06. The van der Waals surface area contributed by atoms with E-state index in [1.54, 1.807) is 0 Å². The smallest absolute Gasteiger partial charge is 1.00 e. The fourth-order valence-electron chi connectivity index (χ4n) is 0.361. The van der Waals surface area contributed by atoms with Crippen molar-refractivity contribution in [3.8, 4) is 0 Å². The standard InChI is InChI=1S/C4H6N.CF3.FH.K/c1-2-4-5-3-1;2-1(3)4;;/h1,5H,3-4H2;;1H;/q2*-1;;+1/p-1. The van der Waals surface area contributed by atoms with E-state index in [0.29, 0.717) is 0 Å². The van der Waals surface area contributed by atoms with Gasteiger partial charge < -0.3 is 29.3 Å². The Morgan fingerprint density at radius 3 is 1.91 bits per heavy atom. The molecule has 1 N–H and O–H groups in total. The minimum Gasteiger partial charge on any atom is -1.00 e. The molecule has 0 amide bonds. The van der Waals surface area contributed by atoms with Crippen molar-refractivity contribution in [1.29, 1.82) is 0 Å². The predicted octanol–water partition coefficient (Wildman–Crippen LogP) is -4.70. The van der Waals surface area contributed by atoms with Crippen molar-refractivity contribution in [1.82, 2.24) is 5.32 Å². The molecule has 0 radical (unpaired) electrons. The fraction of sp³-hybridized carbons (Fsp3) is 0.400. The molecule has 0 aromatic carbocycles. The predicted molar refractivity (Wildman–Crippen MR) is 27.2 cm³/mol. The summed E-state index contributed by atoms with van der Waals surface area (Å²) in [7, 11) is 0. The van der Waals surface area contributed by atoms with E-state index >= 15 is 0 Å². The Hall–Kier alpha value is 1.06. The van der Waals surface area contributed by atoms with Crippen LogP contribution < -0.4 is 61.4 Å². The first-order valence-electron chi connectivity index (χ1n) is 2.32. The zero-order valence-corrected chi connectivity index (χ0v) is 9.13. The summed E-state index contributed by atoms with van der Waals surface area (Å²) >= 11 is 0. The van der Waals surface area contributed by atoms with Crippen molar-refractivity contribution in [2.45, 2.75) is 0 Å². The second kappa shape index (κ2) is 13.6. The van der Waals surface area contributed by atoms with Crippen LogP contribution in [-0.4, -0.2) is 13.1 Å². The van der Waals surface area contributed by atoms with Crippen LogP contribution in [0.3, 0.4) is 0 Å². The van der Waals surface area contributed by atoms with Gasteiger partial charge in [-0.25, -0.2) is 0 Å². The zero-order chi connectivity index (χ0) is 7.11. The minimum absolute atomic E-state index is 0. The average Bonchev–Trinajstić information content (AvgIpc) is 2.11. The minimum atomic E-state index is -3.08. The average molecular weight is 195 g/mol. The maximum Gasteiger partial charge on any atom is 1.00 e. The van der Waals surface area contributed by atoms with E-state index in [0.717, 1.165) is 13.1 Å². The Morgan fingerprint density at radius 1 is 1.36 bits per heavy atom. The second-order valence-electron chi connectivity index (χ2n) is 1.25. The quantitative estimate of drug-likeness (QED) is 0.233. The molecule has 1 aliphatic heterocycles. The van der Waals surface area contributed by atoms with Crippen molar-refractivity contribution in [3.63, 3.8) is 0 Å². The van der Waals surface area contributed by atoms with E-state index in [1.165, 1.54) is 0 Å². The molecular weight excluding hydrogens is 189 g/mol. The van der Waals surface area contributed by atoms with Crippen LogP contribution in [0.5, 0.6) is 0 Å². The number of hydrogen-bond donors (Lipinski definition) is 1. The maximum atomic E-state index is 9.58. The van der Waals surface area contributed by atoms with Crippen LogP contribution in [0.15, 0.2) is 6.08 Å². The zero-order valence-electron chi connectivity index (χ0n) is 6.00. The molecule has 0 unspecified atom stereocenters. The van der Waals surface area contributed by atoms with Crippen LogP contribution in [0, 0.1) is 12.8 Å². The topological polar surface area (TPSA) is 12.0 Å². The summed E-state index contributed by atoms with van der Waals surface area (Å²) in [5.41, 5.74) is 0. The van der Waals surface area contributed by atoms with Crippen LogP contribution in [0.25, 0.3) is 0 Å². The molecule has 1 aliphatic rings. The van der Waals surface area contributed by atoms with E-state index in [-0.39, 0.29) is 56.1 Å². The number of hydrogen-bond acceptors (Lipinski definition) is 1. The number of halogens is 4. The molecule has 1 rings (SSSR count). The van der Waals surface area contributed by atoms with Gasteiger partial charge in [-0.1, -0.05) is 0 Å². The van der Waals surface area contributed by atoms with Gasteiger partial charge in [0.25, 0.3) is 0 Å². The van der Waals surface area contributed by atoms with Gasteiger partial charge in [0.2, 0.25) is 0 Å². The van der Waals surface area contributed by atoms with Gasteiger partial charge in [0.05, 0.1) is 0 Å². The summed E-state index contributed by atoms with van der Waals surface area (Å²) in [6, 6.07) is 0. The van der Waals surface area contributed by atoms with Crippen molar-refractivity contribution in [3.05, 3.63) is 18.8 Å². The second-order valence-corrected chi connectivity index (χ2v) is 1.25. The van der Waals surface area contributed by atoms with Gasteiger partial charge in [0.15, 0.2) is 6.68 Å². The van der Waals surface area contributed by atoms with Crippen LogP contribution in [0.2, 0.25) is 0 Å². The summed E-state index contributed by atoms with van der Waals surface area (Å²) in [5.74, 6) is 0. The molecule has 0 saturated carbocycles. The van der Waals surface area contributed by atoms with Crippen LogP contribution >= 0.6 is 0 Å². The van der Waals surface area contributed by atoms with E-state index in [2.05, 4.69) is 11.4 Å². The monoisotopic (exact) mass is 195 g/mol. The first-order chi connectivity index (χ1) is 4.23. The van der Waals surface area contributed by atoms with E-state index in [4.69, 9.17) is 0 Å². The Kier molecular flexibility index (Phi) is 22.3. The number of nitrogens with one attached hydrogen (secondary N) is 1. The Bertz CT molecular complexity index is 79.8. The van der Waals surface area contributed by atoms with Gasteiger partial charge in [0, 0.05) is 0 Å². The van der Waals surface area contributed by atoms with Gasteiger partial charge >= 0.3 is 51.4 Å². The van der Waals surface area contributed by atoms with Gasteiger partial charge in [-0.2, -0.15) is 0 Å². The Balaban J connectivity index is -0.000000101. The first-order valence-corrected chi connectivity index (χ1v) is 2.32. The molecule has 0 atom stereocenters. The maximum absolute atomic E-state index is 9.58. The molecule has 6 heteroatoms. The SMILES string of the molecule is F[C-](F)F.[C-]1=CCNC1.[F-].[K+]. The molecule has 1 heterocycles. The fourth-order valence-corrected chi connectivity index (χ4v) is 0.361. The van der Waals surface area contributed by atoms with Crippen molar-refractivity contribution < 1.29 is 69.3 Å². The third-order valence-corrected chi connectivity index (χ3v) is 0.618. The van der Waals surface area contributed by atoms with Gasteiger partial charge in [-0.15, -0.1) is 6.54 Å². The largest absolute Gasteiger partial charge is 1.00 e. The van der Waals surface area contributed by atoms with Crippen molar-refractivity contribution >= 4 is 0 Å². The summed E-state index contributed by atoms with van der Waals surface area (Å²) < 4.78 is 28.8. The number of rotatable bonds is 0. The third kappa shape index (κ3) is 24.7. The van der Waals surface area contributed by atoms with E-state index in [9.17, 15) is 13.2 Å². The van der Waals surface area contributed by atoms with Crippen molar-refractivity contribution in [2.75, 3.05) is 13.1 Å². The molecule has 0 aromatic heterocycles. The third-order valence-electron chi connectivity index (χ3n) is 0.618.